The maximum absolute atomic E-state index is 12.7. The molecule has 1 saturated carbocycles. The highest BCUT2D eigenvalue weighted by atomic mass is 16.5. The summed E-state index contributed by atoms with van der Waals surface area (Å²) in [6.07, 6.45) is 2.77. The molecule has 1 heterocycles. The van der Waals surface area contributed by atoms with Crippen LogP contribution in [0.25, 0.3) is 0 Å². The molecule has 2 aliphatic rings. The van der Waals surface area contributed by atoms with Gasteiger partial charge >= 0.3 is 12.0 Å². The van der Waals surface area contributed by atoms with Crippen molar-refractivity contribution in [2.45, 2.75) is 45.1 Å². The summed E-state index contributed by atoms with van der Waals surface area (Å²) in [7, 11) is 0. The van der Waals surface area contributed by atoms with Crippen molar-refractivity contribution in [2.24, 2.45) is 5.92 Å². The molecule has 1 aromatic rings. The van der Waals surface area contributed by atoms with Crippen LogP contribution in [-0.4, -0.2) is 41.0 Å². The van der Waals surface area contributed by atoms with E-state index >= 15 is 0 Å². The fraction of sp³-hybridized carbons (Fsp3) is 0.474. The van der Waals surface area contributed by atoms with Gasteiger partial charge in [-0.1, -0.05) is 25.1 Å². The fourth-order valence-corrected chi connectivity index (χ4v) is 3.48. The summed E-state index contributed by atoms with van der Waals surface area (Å²) in [6.45, 7) is 3.28. The third-order valence-corrected chi connectivity index (χ3v) is 5.23. The number of rotatable bonds is 4. The van der Waals surface area contributed by atoms with Crippen molar-refractivity contribution in [3.05, 3.63) is 35.4 Å². The highest BCUT2D eigenvalue weighted by Crippen LogP contribution is 2.35. The van der Waals surface area contributed by atoms with Crippen molar-refractivity contribution < 1.29 is 23.9 Å². The normalized spacial score (nSPS) is 24.7. The van der Waals surface area contributed by atoms with Gasteiger partial charge in [-0.3, -0.25) is 15.0 Å². The van der Waals surface area contributed by atoms with Gasteiger partial charge < -0.3 is 10.1 Å². The van der Waals surface area contributed by atoms with E-state index < -0.39 is 36.0 Å². The molecule has 3 rings (SSSR count). The molecule has 0 atom stereocenters. The Balaban J connectivity index is 1.56. The topological polar surface area (TPSA) is 105 Å². The first-order chi connectivity index (χ1) is 12.8. The number of nitrogens with one attached hydrogen (secondary N) is 2. The molecule has 2 fully saturated rings. The lowest BCUT2D eigenvalue weighted by Crippen LogP contribution is -2.52. The van der Waals surface area contributed by atoms with Crippen LogP contribution in [0, 0.1) is 12.8 Å². The maximum atomic E-state index is 12.7. The number of urea groups is 1. The second-order valence-corrected chi connectivity index (χ2v) is 7.26. The highest BCUT2D eigenvalue weighted by Gasteiger charge is 2.52. The zero-order valence-corrected chi connectivity index (χ0v) is 15.4. The first-order valence-electron chi connectivity index (χ1n) is 9.01. The van der Waals surface area contributed by atoms with Gasteiger partial charge in [-0.05, 0) is 50.2 Å². The maximum Gasteiger partial charge on any atom is 0.344 e. The molecule has 1 aliphatic carbocycles. The van der Waals surface area contributed by atoms with Crippen LogP contribution in [0.3, 0.4) is 0 Å². The number of esters is 1. The van der Waals surface area contributed by atoms with Crippen LogP contribution in [0.2, 0.25) is 0 Å². The number of aryl methyl sites for hydroxylation is 1. The number of hydrogen-bond donors (Lipinski definition) is 2. The summed E-state index contributed by atoms with van der Waals surface area (Å²) in [6, 6.07) is 6.18. The fourth-order valence-electron chi connectivity index (χ4n) is 3.48. The molecule has 0 bridgehead atoms. The van der Waals surface area contributed by atoms with Crippen molar-refractivity contribution in [3.8, 4) is 0 Å². The van der Waals surface area contributed by atoms with E-state index in [0.717, 1.165) is 18.4 Å². The van der Waals surface area contributed by atoms with Crippen LogP contribution in [0.4, 0.5) is 4.79 Å². The number of hydrazine groups is 1. The molecule has 1 aromatic carbocycles. The van der Waals surface area contributed by atoms with E-state index in [4.69, 9.17) is 4.74 Å². The average Bonchev–Trinajstić information content (AvgIpc) is 2.87. The molecule has 8 nitrogen and oxygen atoms in total. The first kappa shape index (κ1) is 18.9. The van der Waals surface area contributed by atoms with Crippen LogP contribution < -0.4 is 10.7 Å². The van der Waals surface area contributed by atoms with Gasteiger partial charge in [0.1, 0.15) is 5.54 Å². The van der Waals surface area contributed by atoms with E-state index in [2.05, 4.69) is 17.7 Å². The summed E-state index contributed by atoms with van der Waals surface area (Å²) in [4.78, 5) is 48.9. The van der Waals surface area contributed by atoms with Crippen molar-refractivity contribution in [3.63, 3.8) is 0 Å². The Labute approximate surface area is 157 Å². The van der Waals surface area contributed by atoms with E-state index in [-0.39, 0.29) is 0 Å². The number of benzene rings is 1. The van der Waals surface area contributed by atoms with Crippen molar-refractivity contribution in [1.29, 1.82) is 0 Å². The molecule has 1 saturated heterocycles. The SMILES string of the molecule is Cc1ccccc1C(=O)OCC(=O)NN1C(=O)NC2(CCC(C)CC2)C1=O. The summed E-state index contributed by atoms with van der Waals surface area (Å²) >= 11 is 0. The van der Waals surface area contributed by atoms with Gasteiger partial charge in [0.15, 0.2) is 6.61 Å². The molecule has 0 radical (unpaired) electrons. The molecule has 0 unspecified atom stereocenters. The van der Waals surface area contributed by atoms with Crippen molar-refractivity contribution in [1.82, 2.24) is 15.8 Å². The molecule has 0 aromatic heterocycles. The van der Waals surface area contributed by atoms with Crippen LogP contribution in [0.1, 0.15) is 48.5 Å². The molecule has 1 aliphatic heterocycles. The van der Waals surface area contributed by atoms with Crippen molar-refractivity contribution >= 4 is 23.8 Å². The lowest BCUT2D eigenvalue weighted by molar-refractivity contribution is -0.141. The zero-order valence-electron chi connectivity index (χ0n) is 15.4. The van der Waals surface area contributed by atoms with Gasteiger partial charge in [0.2, 0.25) is 0 Å². The smallest absolute Gasteiger partial charge is 0.344 e. The highest BCUT2D eigenvalue weighted by molar-refractivity contribution is 6.08. The number of imide groups is 1. The third-order valence-electron chi connectivity index (χ3n) is 5.23. The Morgan fingerprint density at radius 2 is 1.93 bits per heavy atom. The Kier molecular flexibility index (Phi) is 5.16. The van der Waals surface area contributed by atoms with Crippen LogP contribution in [-0.2, 0) is 14.3 Å². The van der Waals surface area contributed by atoms with E-state index in [0.29, 0.717) is 29.3 Å². The minimum Gasteiger partial charge on any atom is -0.452 e. The minimum absolute atomic E-state index is 0.357. The zero-order chi connectivity index (χ0) is 19.6. The molecule has 8 heteroatoms. The van der Waals surface area contributed by atoms with Gasteiger partial charge in [-0.15, -0.1) is 0 Å². The average molecular weight is 373 g/mol. The number of hydrogen-bond acceptors (Lipinski definition) is 5. The van der Waals surface area contributed by atoms with E-state index in [1.807, 2.05) is 0 Å². The Hall–Kier alpha value is -2.90. The Morgan fingerprint density at radius 3 is 2.59 bits per heavy atom. The third kappa shape index (κ3) is 3.79. The molecule has 4 amide bonds. The molecular weight excluding hydrogens is 350 g/mol. The summed E-state index contributed by atoms with van der Waals surface area (Å²) < 4.78 is 4.98. The number of carbonyl (C=O) groups excluding carboxylic acids is 4. The largest absolute Gasteiger partial charge is 0.452 e. The van der Waals surface area contributed by atoms with Gasteiger partial charge in [0.25, 0.3) is 11.8 Å². The second-order valence-electron chi connectivity index (χ2n) is 7.26. The molecule has 27 heavy (non-hydrogen) atoms. The summed E-state index contributed by atoms with van der Waals surface area (Å²) in [5.74, 6) is -1.34. The van der Waals surface area contributed by atoms with Crippen LogP contribution in [0.15, 0.2) is 24.3 Å². The van der Waals surface area contributed by atoms with Gasteiger partial charge in [-0.25, -0.2) is 9.59 Å². The predicted octanol–water partition coefficient (Wildman–Crippen LogP) is 1.68. The Bertz CT molecular complexity index is 783. The quantitative estimate of drug-likeness (QED) is 0.617. The van der Waals surface area contributed by atoms with Crippen LogP contribution >= 0.6 is 0 Å². The van der Waals surface area contributed by atoms with Gasteiger partial charge in [0, 0.05) is 0 Å². The minimum atomic E-state index is -0.936. The van der Waals surface area contributed by atoms with Gasteiger partial charge in [0.05, 0.1) is 5.56 Å². The number of carbonyl (C=O) groups is 4. The molecule has 144 valence electrons. The molecule has 2 N–H and O–H groups in total. The first-order valence-corrected chi connectivity index (χ1v) is 9.01. The summed E-state index contributed by atoms with van der Waals surface area (Å²) in [5, 5.41) is 3.40. The van der Waals surface area contributed by atoms with Crippen molar-refractivity contribution in [2.75, 3.05) is 6.61 Å². The summed E-state index contributed by atoms with van der Waals surface area (Å²) in [5.41, 5.74) is 2.39. The van der Waals surface area contributed by atoms with Crippen LogP contribution in [0.5, 0.6) is 0 Å². The monoisotopic (exact) mass is 373 g/mol. The van der Waals surface area contributed by atoms with Gasteiger partial charge in [-0.2, -0.15) is 5.01 Å². The Morgan fingerprint density at radius 1 is 1.26 bits per heavy atom. The number of nitrogens with zero attached hydrogens (tertiary/aromatic N) is 1. The van der Waals surface area contributed by atoms with E-state index in [1.54, 1.807) is 31.2 Å². The number of ether oxygens (including phenoxy) is 1. The lowest BCUT2D eigenvalue weighted by atomic mass is 9.77. The predicted molar refractivity (Wildman–Crippen MR) is 95.3 cm³/mol. The molecule has 1 spiro atoms. The number of amides is 4. The van der Waals surface area contributed by atoms with E-state index in [9.17, 15) is 19.2 Å². The lowest BCUT2D eigenvalue weighted by Gasteiger charge is -2.33. The van der Waals surface area contributed by atoms with E-state index in [1.165, 1.54) is 0 Å². The second kappa shape index (κ2) is 7.38. The molecular formula is C19H23N3O5. The standard InChI is InChI=1S/C19H23N3O5/c1-12-7-9-19(10-8-12)17(25)22(18(26)20-19)21-15(23)11-27-16(24)14-6-4-3-5-13(14)2/h3-6,12H,7-11H2,1-2H3,(H,20,26)(H,21,23).